The third kappa shape index (κ3) is 3.98. The smallest absolute Gasteiger partial charge is 0.230 e. The number of carbonyl (C=O) groups is 1. The fourth-order valence-electron chi connectivity index (χ4n) is 2.93. The molecule has 0 spiro atoms. The Morgan fingerprint density at radius 3 is 2.43 bits per heavy atom. The predicted molar refractivity (Wildman–Crippen MR) is 85.5 cm³/mol. The molecule has 0 aliphatic heterocycles. The molecule has 1 saturated carbocycles. The molecule has 3 nitrogen and oxygen atoms in total. The molecule has 1 aromatic rings. The minimum atomic E-state index is -0.861. The van der Waals surface area contributed by atoms with Gasteiger partial charge in [-0.1, -0.05) is 37.6 Å². The number of halogens is 1. The lowest BCUT2D eigenvalue weighted by Crippen LogP contribution is -2.45. The fraction of sp³-hybridized carbons (Fsp3) is 0.588. The number of carbonyl (C=O) groups excluding carboxylic acids is 1. The number of benzene rings is 1. The highest BCUT2D eigenvalue weighted by molar-refractivity contribution is 6.30. The molecule has 0 radical (unpaired) electrons. The zero-order chi connectivity index (χ0) is 15.7. The van der Waals surface area contributed by atoms with Crippen molar-refractivity contribution in [2.24, 2.45) is 5.92 Å². The van der Waals surface area contributed by atoms with E-state index in [-0.39, 0.29) is 5.91 Å². The molecule has 1 amide bonds. The summed E-state index contributed by atoms with van der Waals surface area (Å²) in [5.41, 5.74) is -0.272. The largest absolute Gasteiger partial charge is 0.388 e. The highest BCUT2D eigenvalue weighted by Crippen LogP contribution is 2.48. The van der Waals surface area contributed by atoms with Crippen molar-refractivity contribution in [2.75, 3.05) is 6.54 Å². The van der Waals surface area contributed by atoms with Gasteiger partial charge in [0.25, 0.3) is 0 Å². The average molecular weight is 310 g/mol. The van der Waals surface area contributed by atoms with Gasteiger partial charge < -0.3 is 10.4 Å². The summed E-state index contributed by atoms with van der Waals surface area (Å²) in [5, 5.41) is 13.9. The second-order valence-corrected chi connectivity index (χ2v) is 7.30. The maximum Gasteiger partial charge on any atom is 0.230 e. The van der Waals surface area contributed by atoms with Crippen LogP contribution < -0.4 is 5.32 Å². The molecule has 21 heavy (non-hydrogen) atoms. The second-order valence-electron chi connectivity index (χ2n) is 6.87. The Bertz CT molecular complexity index is 504. The van der Waals surface area contributed by atoms with Gasteiger partial charge in [-0.2, -0.15) is 0 Å². The van der Waals surface area contributed by atoms with E-state index >= 15 is 0 Å². The van der Waals surface area contributed by atoms with Crippen molar-refractivity contribution < 1.29 is 9.90 Å². The third-order valence-corrected chi connectivity index (χ3v) is 4.31. The van der Waals surface area contributed by atoms with Crippen LogP contribution in [0.4, 0.5) is 0 Å². The van der Waals surface area contributed by atoms with Crippen molar-refractivity contribution in [1.29, 1.82) is 0 Å². The first-order chi connectivity index (χ1) is 9.75. The number of nitrogens with one attached hydrogen (secondary N) is 1. The number of aliphatic hydroxyl groups is 1. The molecule has 116 valence electrons. The summed E-state index contributed by atoms with van der Waals surface area (Å²) >= 11 is 5.90. The maximum absolute atomic E-state index is 12.5. The van der Waals surface area contributed by atoms with Crippen LogP contribution >= 0.6 is 11.6 Å². The van der Waals surface area contributed by atoms with Crippen LogP contribution in [0.3, 0.4) is 0 Å². The monoisotopic (exact) mass is 309 g/mol. The van der Waals surface area contributed by atoms with Gasteiger partial charge in [0.2, 0.25) is 5.91 Å². The van der Waals surface area contributed by atoms with Gasteiger partial charge in [-0.3, -0.25) is 4.79 Å². The molecular formula is C17H24ClNO2. The summed E-state index contributed by atoms with van der Waals surface area (Å²) in [6.07, 6.45) is 2.38. The SMILES string of the molecule is CC(C)CC(C)(O)CNC(=O)C1(c2ccc(Cl)cc2)CC1. The van der Waals surface area contributed by atoms with Gasteiger partial charge in [0, 0.05) is 11.6 Å². The normalized spacial score (nSPS) is 19.1. The molecule has 1 aliphatic rings. The molecule has 1 unspecified atom stereocenters. The van der Waals surface area contributed by atoms with Crippen molar-refractivity contribution in [1.82, 2.24) is 5.32 Å². The Balaban J connectivity index is 1.99. The summed E-state index contributed by atoms with van der Waals surface area (Å²) in [5.74, 6) is 0.400. The zero-order valence-corrected chi connectivity index (χ0v) is 13.7. The van der Waals surface area contributed by atoms with Crippen molar-refractivity contribution in [3.05, 3.63) is 34.9 Å². The fourth-order valence-corrected chi connectivity index (χ4v) is 3.06. The van der Waals surface area contributed by atoms with E-state index in [2.05, 4.69) is 19.2 Å². The highest BCUT2D eigenvalue weighted by Gasteiger charge is 2.51. The molecule has 4 heteroatoms. The summed E-state index contributed by atoms with van der Waals surface area (Å²) in [6.45, 7) is 6.19. The molecule has 2 rings (SSSR count). The Morgan fingerprint density at radius 1 is 1.38 bits per heavy atom. The molecule has 1 fully saturated rings. The van der Waals surface area contributed by atoms with Crippen LogP contribution in [-0.4, -0.2) is 23.2 Å². The van der Waals surface area contributed by atoms with Gasteiger partial charge >= 0.3 is 0 Å². The van der Waals surface area contributed by atoms with Crippen LogP contribution in [0.2, 0.25) is 5.02 Å². The van der Waals surface area contributed by atoms with E-state index in [9.17, 15) is 9.90 Å². The van der Waals surface area contributed by atoms with E-state index in [4.69, 9.17) is 11.6 Å². The first kappa shape index (κ1) is 16.3. The Morgan fingerprint density at radius 2 is 1.95 bits per heavy atom. The maximum atomic E-state index is 12.5. The lowest BCUT2D eigenvalue weighted by atomic mass is 9.92. The van der Waals surface area contributed by atoms with Crippen LogP contribution in [-0.2, 0) is 10.2 Å². The number of hydrogen-bond donors (Lipinski definition) is 2. The van der Waals surface area contributed by atoms with Crippen molar-refractivity contribution >= 4 is 17.5 Å². The molecule has 1 atom stereocenters. The number of hydrogen-bond acceptors (Lipinski definition) is 2. The number of rotatable bonds is 6. The standard InChI is InChI=1S/C17H24ClNO2/c1-12(2)10-16(3,21)11-19-15(20)17(8-9-17)13-4-6-14(18)7-5-13/h4-7,12,21H,8-11H2,1-3H3,(H,19,20). The lowest BCUT2D eigenvalue weighted by Gasteiger charge is -2.27. The van der Waals surface area contributed by atoms with E-state index < -0.39 is 11.0 Å². The van der Waals surface area contributed by atoms with Gasteiger partial charge in [0.1, 0.15) is 0 Å². The molecule has 0 bridgehead atoms. The lowest BCUT2D eigenvalue weighted by molar-refractivity contribution is -0.124. The molecular weight excluding hydrogens is 286 g/mol. The molecule has 0 heterocycles. The summed E-state index contributed by atoms with van der Waals surface area (Å²) in [4.78, 5) is 12.5. The van der Waals surface area contributed by atoms with E-state index in [0.717, 1.165) is 18.4 Å². The number of amides is 1. The van der Waals surface area contributed by atoms with Gasteiger partial charge in [-0.25, -0.2) is 0 Å². The summed E-state index contributed by atoms with van der Waals surface area (Å²) < 4.78 is 0. The van der Waals surface area contributed by atoms with E-state index in [1.54, 1.807) is 6.92 Å². The Hall–Kier alpha value is -1.06. The molecule has 2 N–H and O–H groups in total. The van der Waals surface area contributed by atoms with Crippen molar-refractivity contribution in [3.8, 4) is 0 Å². The van der Waals surface area contributed by atoms with Gasteiger partial charge in [-0.15, -0.1) is 0 Å². The van der Waals surface area contributed by atoms with Gasteiger partial charge in [0.05, 0.1) is 11.0 Å². The van der Waals surface area contributed by atoms with Crippen LogP contribution in [0, 0.1) is 5.92 Å². The van der Waals surface area contributed by atoms with Crippen molar-refractivity contribution in [2.45, 2.75) is 51.0 Å². The molecule has 0 saturated heterocycles. The minimum absolute atomic E-state index is 0.00820. The second kappa shape index (κ2) is 5.98. The topological polar surface area (TPSA) is 49.3 Å². The Kier molecular flexibility index (Phi) is 4.64. The van der Waals surface area contributed by atoms with Crippen LogP contribution in [0.1, 0.15) is 45.6 Å². The summed E-state index contributed by atoms with van der Waals surface area (Å²) in [6, 6.07) is 7.47. The molecule has 1 aromatic carbocycles. The van der Waals surface area contributed by atoms with Crippen LogP contribution in [0.5, 0.6) is 0 Å². The predicted octanol–water partition coefficient (Wildman–Crippen LogP) is 3.28. The average Bonchev–Trinajstić information content (AvgIpc) is 3.17. The highest BCUT2D eigenvalue weighted by atomic mass is 35.5. The third-order valence-electron chi connectivity index (χ3n) is 4.06. The van der Waals surface area contributed by atoms with Crippen LogP contribution in [0.25, 0.3) is 0 Å². The van der Waals surface area contributed by atoms with E-state index in [1.807, 2.05) is 24.3 Å². The van der Waals surface area contributed by atoms with Gasteiger partial charge in [0.15, 0.2) is 0 Å². The molecule has 0 aromatic heterocycles. The molecule has 1 aliphatic carbocycles. The minimum Gasteiger partial charge on any atom is -0.388 e. The zero-order valence-electron chi connectivity index (χ0n) is 12.9. The first-order valence-corrected chi connectivity index (χ1v) is 7.90. The van der Waals surface area contributed by atoms with Crippen LogP contribution in [0.15, 0.2) is 24.3 Å². The first-order valence-electron chi connectivity index (χ1n) is 7.52. The summed E-state index contributed by atoms with van der Waals surface area (Å²) in [7, 11) is 0. The quantitative estimate of drug-likeness (QED) is 0.847. The van der Waals surface area contributed by atoms with Gasteiger partial charge in [-0.05, 0) is 49.8 Å². The Labute approximate surface area is 131 Å². The van der Waals surface area contributed by atoms with E-state index in [0.29, 0.717) is 23.9 Å². The van der Waals surface area contributed by atoms with E-state index in [1.165, 1.54) is 0 Å². The van der Waals surface area contributed by atoms with Crippen molar-refractivity contribution in [3.63, 3.8) is 0 Å².